The van der Waals surface area contributed by atoms with Crippen molar-refractivity contribution < 1.29 is 23.9 Å². The monoisotopic (exact) mass is 464 g/mol. The van der Waals surface area contributed by atoms with Crippen LogP contribution in [0.2, 0.25) is 0 Å². The Morgan fingerprint density at radius 2 is 1.97 bits per heavy atom. The molecule has 34 heavy (non-hydrogen) atoms. The van der Waals surface area contributed by atoms with Crippen molar-refractivity contribution in [2.24, 2.45) is 5.73 Å². The number of primary amides is 1. The molecule has 2 N–H and O–H groups in total. The molecule has 0 radical (unpaired) electrons. The van der Waals surface area contributed by atoms with Gasteiger partial charge >= 0.3 is 5.97 Å². The first kappa shape index (κ1) is 23.3. The van der Waals surface area contributed by atoms with E-state index in [0.717, 1.165) is 22.5 Å². The van der Waals surface area contributed by atoms with Gasteiger partial charge in [-0.15, -0.1) is 0 Å². The number of carbonyl (C=O) groups is 3. The van der Waals surface area contributed by atoms with Crippen molar-refractivity contribution >= 4 is 23.4 Å². The number of hydrogen-bond donors (Lipinski definition) is 1. The van der Waals surface area contributed by atoms with E-state index in [0.29, 0.717) is 11.4 Å². The molecule has 0 saturated heterocycles. The summed E-state index contributed by atoms with van der Waals surface area (Å²) in [6.07, 6.45) is 1.83. The maximum atomic E-state index is 13.1. The maximum absolute atomic E-state index is 13.1. The quantitative estimate of drug-likeness (QED) is 0.538. The highest BCUT2D eigenvalue weighted by Gasteiger charge is 2.36. The van der Waals surface area contributed by atoms with Crippen LogP contribution in [0.3, 0.4) is 0 Å². The van der Waals surface area contributed by atoms with Crippen molar-refractivity contribution in [1.29, 1.82) is 0 Å². The summed E-state index contributed by atoms with van der Waals surface area (Å²) in [6.45, 7) is 5.54. The molecule has 3 aromatic rings. The topological polar surface area (TPSA) is 116 Å². The minimum absolute atomic E-state index is 0.0160. The van der Waals surface area contributed by atoms with Crippen LogP contribution in [-0.4, -0.2) is 50.8 Å². The number of rotatable bonds is 7. The van der Waals surface area contributed by atoms with E-state index < -0.39 is 23.5 Å². The molecule has 1 aliphatic rings. The van der Waals surface area contributed by atoms with Gasteiger partial charge in [0.25, 0.3) is 5.91 Å². The average molecular weight is 465 g/mol. The number of nitrogens with two attached hydrogens (primary N) is 1. The highest BCUT2D eigenvalue weighted by Crippen LogP contribution is 2.32. The van der Waals surface area contributed by atoms with Gasteiger partial charge in [-0.2, -0.15) is 0 Å². The van der Waals surface area contributed by atoms with Crippen molar-refractivity contribution in [3.63, 3.8) is 0 Å². The number of benzene rings is 1. The van der Waals surface area contributed by atoms with Gasteiger partial charge in [0.1, 0.15) is 17.3 Å². The smallest absolute Gasteiger partial charge is 0.306 e. The number of ether oxygens (including phenoxy) is 2. The van der Waals surface area contributed by atoms with Gasteiger partial charge in [-0.25, -0.2) is 4.98 Å². The van der Waals surface area contributed by atoms with Crippen LogP contribution < -0.4 is 10.5 Å². The molecule has 1 unspecified atom stereocenters. The molecule has 0 aliphatic carbocycles. The second kappa shape index (κ2) is 8.81. The van der Waals surface area contributed by atoms with Gasteiger partial charge in [0.15, 0.2) is 5.88 Å². The second-order valence-corrected chi connectivity index (χ2v) is 9.25. The number of esters is 1. The number of pyridine rings is 1. The predicted molar refractivity (Wildman–Crippen MR) is 125 cm³/mol. The number of methoxy groups -OCH3 is 1. The lowest BCUT2D eigenvalue weighted by Gasteiger charge is -2.25. The second-order valence-electron chi connectivity index (χ2n) is 9.25. The number of imidazole rings is 1. The predicted octanol–water partition coefficient (Wildman–Crippen LogP) is 2.94. The van der Waals surface area contributed by atoms with Gasteiger partial charge in [-0.3, -0.25) is 18.8 Å². The Hall–Kier alpha value is -3.88. The zero-order valence-electron chi connectivity index (χ0n) is 19.7. The minimum atomic E-state index is -0.910. The van der Waals surface area contributed by atoms with Crippen molar-refractivity contribution in [3.8, 4) is 17.1 Å². The normalized spacial score (nSPS) is 14.2. The van der Waals surface area contributed by atoms with Crippen molar-refractivity contribution in [2.75, 3.05) is 7.11 Å². The molecule has 1 aromatic carbocycles. The molecule has 0 saturated carbocycles. The Labute approximate surface area is 197 Å². The zero-order valence-corrected chi connectivity index (χ0v) is 19.7. The van der Waals surface area contributed by atoms with Crippen molar-refractivity contribution in [2.45, 2.75) is 51.8 Å². The summed E-state index contributed by atoms with van der Waals surface area (Å²) in [6, 6.07) is 10.2. The average Bonchev–Trinajstić information content (AvgIpc) is 3.33. The molecule has 3 heterocycles. The fraction of sp³-hybridized carbons (Fsp3) is 0.360. The third-order valence-electron chi connectivity index (χ3n) is 5.68. The lowest BCUT2D eigenvalue weighted by molar-refractivity contribution is -0.155. The molecular formula is C25H28N4O5. The number of hydrogen-bond acceptors (Lipinski definition) is 6. The summed E-state index contributed by atoms with van der Waals surface area (Å²) in [5, 5.41) is 0. The molecule has 1 aliphatic heterocycles. The van der Waals surface area contributed by atoms with Gasteiger partial charge in [0, 0.05) is 24.1 Å². The SMILES string of the molecule is COc1cccc2ncc(-c3ccc4c(c3)CN(C(CCC(=O)OC(C)(C)C)C(N)=O)C4=O)n12. The number of aromatic nitrogens is 2. The fourth-order valence-corrected chi connectivity index (χ4v) is 4.22. The Balaban J connectivity index is 1.58. The number of carbonyl (C=O) groups excluding carboxylic acids is 3. The van der Waals surface area contributed by atoms with Crippen LogP contribution in [0.1, 0.15) is 49.5 Å². The van der Waals surface area contributed by atoms with Crippen LogP contribution in [-0.2, 0) is 20.9 Å². The van der Waals surface area contributed by atoms with E-state index in [9.17, 15) is 14.4 Å². The van der Waals surface area contributed by atoms with E-state index in [4.69, 9.17) is 15.2 Å². The third kappa shape index (κ3) is 4.46. The lowest BCUT2D eigenvalue weighted by Crippen LogP contribution is -2.45. The summed E-state index contributed by atoms with van der Waals surface area (Å²) >= 11 is 0. The molecule has 9 nitrogen and oxygen atoms in total. The molecule has 2 amide bonds. The van der Waals surface area contributed by atoms with Crippen LogP contribution in [0, 0.1) is 0 Å². The summed E-state index contributed by atoms with van der Waals surface area (Å²) in [4.78, 5) is 43.3. The molecule has 0 bridgehead atoms. The van der Waals surface area contributed by atoms with Gasteiger partial charge < -0.3 is 20.1 Å². The maximum Gasteiger partial charge on any atom is 0.306 e. The molecule has 2 aromatic heterocycles. The first-order valence-electron chi connectivity index (χ1n) is 11.0. The molecule has 4 rings (SSSR count). The van der Waals surface area contributed by atoms with Crippen LogP contribution in [0.15, 0.2) is 42.6 Å². The first-order chi connectivity index (χ1) is 16.1. The largest absolute Gasteiger partial charge is 0.482 e. The van der Waals surface area contributed by atoms with Crippen molar-refractivity contribution in [3.05, 3.63) is 53.7 Å². The zero-order chi connectivity index (χ0) is 24.6. The highest BCUT2D eigenvalue weighted by atomic mass is 16.6. The Kier molecular flexibility index (Phi) is 6.03. The van der Waals surface area contributed by atoms with Crippen LogP contribution in [0.25, 0.3) is 16.9 Å². The van der Waals surface area contributed by atoms with E-state index in [1.165, 1.54) is 4.90 Å². The first-order valence-corrected chi connectivity index (χ1v) is 11.0. The van der Waals surface area contributed by atoms with Gasteiger partial charge in [-0.1, -0.05) is 12.1 Å². The van der Waals surface area contributed by atoms with Crippen LogP contribution >= 0.6 is 0 Å². The molecule has 0 fully saturated rings. The number of nitrogens with zero attached hydrogens (tertiary/aromatic N) is 3. The fourth-order valence-electron chi connectivity index (χ4n) is 4.22. The molecular weight excluding hydrogens is 436 g/mol. The van der Waals surface area contributed by atoms with Crippen LogP contribution in [0.5, 0.6) is 5.88 Å². The highest BCUT2D eigenvalue weighted by molar-refractivity contribution is 6.01. The molecule has 1 atom stereocenters. The van der Waals surface area contributed by atoms with E-state index in [2.05, 4.69) is 4.98 Å². The lowest BCUT2D eigenvalue weighted by atomic mass is 10.0. The summed E-state index contributed by atoms with van der Waals surface area (Å²) in [5.74, 6) is -0.743. The van der Waals surface area contributed by atoms with Gasteiger partial charge in [0.05, 0.1) is 19.0 Å². The van der Waals surface area contributed by atoms with E-state index >= 15 is 0 Å². The van der Waals surface area contributed by atoms with Gasteiger partial charge in [-0.05, 0) is 57.0 Å². The Bertz CT molecular complexity index is 1270. The summed E-state index contributed by atoms with van der Waals surface area (Å²) < 4.78 is 12.7. The van der Waals surface area contributed by atoms with Crippen molar-refractivity contribution in [1.82, 2.24) is 14.3 Å². The van der Waals surface area contributed by atoms with E-state index in [-0.39, 0.29) is 25.3 Å². The van der Waals surface area contributed by atoms with E-state index in [1.807, 2.05) is 34.7 Å². The minimum Gasteiger partial charge on any atom is -0.482 e. The molecule has 0 spiro atoms. The standard InChI is InChI=1S/C25H28N4O5/c1-25(2,3)34-22(30)11-10-18(23(26)31)28-14-16-12-15(8-9-17(16)24(28)32)19-13-27-20-6-5-7-21(33-4)29(19)20/h5-9,12-13,18H,10-11,14H2,1-4H3,(H2,26,31). The van der Waals surface area contributed by atoms with Crippen LogP contribution in [0.4, 0.5) is 0 Å². The molecule has 9 heteroatoms. The number of fused-ring (bicyclic) bond motifs is 2. The number of amides is 2. The third-order valence-corrected chi connectivity index (χ3v) is 5.68. The Morgan fingerprint density at radius 1 is 1.21 bits per heavy atom. The van der Waals surface area contributed by atoms with E-state index in [1.54, 1.807) is 40.1 Å². The van der Waals surface area contributed by atoms with Gasteiger partial charge in [0.2, 0.25) is 5.91 Å². The summed E-state index contributed by atoms with van der Waals surface area (Å²) in [7, 11) is 1.60. The Morgan fingerprint density at radius 3 is 2.65 bits per heavy atom. The molecule has 178 valence electrons. The summed E-state index contributed by atoms with van der Waals surface area (Å²) in [5.41, 5.74) is 8.68.